The fourth-order valence-corrected chi connectivity index (χ4v) is 5.06. The highest BCUT2D eigenvalue weighted by Gasteiger charge is 2.36. The van der Waals surface area contributed by atoms with Gasteiger partial charge in [-0.15, -0.1) is 0 Å². The number of methoxy groups -OCH3 is 1. The van der Waals surface area contributed by atoms with Crippen molar-refractivity contribution >= 4 is 21.8 Å². The quantitative estimate of drug-likeness (QED) is 0.595. The first kappa shape index (κ1) is 23.9. The van der Waals surface area contributed by atoms with E-state index in [-0.39, 0.29) is 17.4 Å². The Morgan fingerprint density at radius 1 is 1.20 bits per heavy atom. The summed E-state index contributed by atoms with van der Waals surface area (Å²) in [4.78, 5) is 25.1. The third kappa shape index (κ3) is 6.09. The van der Waals surface area contributed by atoms with E-state index in [9.17, 15) is 18.0 Å². The summed E-state index contributed by atoms with van der Waals surface area (Å²) in [5.74, 6) is -0.196. The standard InChI is InChI=1S/C20H31N3O6S/c1-5-12-30(26,27)23-11-7-6-8-16(23)20(25)22-21-19(24)15-9-10-17(29-14(2)3)18(13-15)28-4/h9-10,13-14,16H,5-8,11-12H2,1-4H3,(H,21,24)(H,22,25). The third-order valence-corrected chi connectivity index (χ3v) is 6.74. The third-order valence-electron chi connectivity index (χ3n) is 4.66. The normalized spacial score (nSPS) is 17.4. The first-order valence-corrected chi connectivity index (χ1v) is 11.7. The van der Waals surface area contributed by atoms with Crippen LogP contribution in [0.4, 0.5) is 0 Å². The summed E-state index contributed by atoms with van der Waals surface area (Å²) in [7, 11) is -2.04. The molecular weight excluding hydrogens is 410 g/mol. The van der Waals surface area contributed by atoms with Crippen molar-refractivity contribution in [3.63, 3.8) is 0 Å². The zero-order valence-electron chi connectivity index (χ0n) is 17.9. The Hall–Kier alpha value is -2.33. The lowest BCUT2D eigenvalue weighted by Crippen LogP contribution is -2.55. The number of carbonyl (C=O) groups is 2. The summed E-state index contributed by atoms with van der Waals surface area (Å²) in [5.41, 5.74) is 4.98. The van der Waals surface area contributed by atoms with Crippen LogP contribution in [-0.2, 0) is 14.8 Å². The fourth-order valence-electron chi connectivity index (χ4n) is 3.31. The van der Waals surface area contributed by atoms with Gasteiger partial charge in [0.15, 0.2) is 11.5 Å². The summed E-state index contributed by atoms with van der Waals surface area (Å²) in [5, 5.41) is 0. The number of hydrogen-bond acceptors (Lipinski definition) is 6. The van der Waals surface area contributed by atoms with Gasteiger partial charge in [0.25, 0.3) is 11.8 Å². The van der Waals surface area contributed by atoms with Gasteiger partial charge in [-0.05, 0) is 51.3 Å². The molecule has 9 nitrogen and oxygen atoms in total. The van der Waals surface area contributed by atoms with E-state index in [4.69, 9.17) is 9.47 Å². The van der Waals surface area contributed by atoms with Crippen LogP contribution in [0.5, 0.6) is 11.5 Å². The highest BCUT2D eigenvalue weighted by atomic mass is 32.2. The van der Waals surface area contributed by atoms with Crippen molar-refractivity contribution in [1.29, 1.82) is 0 Å². The molecule has 1 aromatic carbocycles. The molecule has 2 amide bonds. The van der Waals surface area contributed by atoms with Crippen LogP contribution in [0, 0.1) is 0 Å². The van der Waals surface area contributed by atoms with Gasteiger partial charge in [-0.2, -0.15) is 4.31 Å². The van der Waals surface area contributed by atoms with Crippen LogP contribution in [-0.4, -0.2) is 56.1 Å². The summed E-state index contributed by atoms with van der Waals surface area (Å²) in [6, 6.07) is 3.86. The van der Waals surface area contributed by atoms with Crippen LogP contribution in [0.25, 0.3) is 0 Å². The molecule has 0 radical (unpaired) electrons. The molecule has 1 atom stereocenters. The number of amides is 2. The number of benzene rings is 1. The zero-order valence-corrected chi connectivity index (χ0v) is 18.8. The lowest BCUT2D eigenvalue weighted by molar-refractivity contribution is -0.126. The first-order valence-electron chi connectivity index (χ1n) is 10.1. The average Bonchev–Trinajstić information content (AvgIpc) is 2.71. The Labute approximate surface area is 178 Å². The molecular formula is C20H31N3O6S. The predicted molar refractivity (Wildman–Crippen MR) is 113 cm³/mol. The van der Waals surface area contributed by atoms with E-state index >= 15 is 0 Å². The number of sulfonamides is 1. The highest BCUT2D eigenvalue weighted by Crippen LogP contribution is 2.29. The second-order valence-electron chi connectivity index (χ2n) is 7.41. The number of carbonyl (C=O) groups excluding carboxylic acids is 2. The largest absolute Gasteiger partial charge is 0.493 e. The van der Waals surface area contributed by atoms with E-state index in [0.717, 1.165) is 6.42 Å². The van der Waals surface area contributed by atoms with Gasteiger partial charge in [0.05, 0.1) is 19.0 Å². The Morgan fingerprint density at radius 2 is 1.93 bits per heavy atom. The molecule has 1 fully saturated rings. The van der Waals surface area contributed by atoms with Crippen LogP contribution in [0.1, 0.15) is 56.8 Å². The van der Waals surface area contributed by atoms with Crippen molar-refractivity contribution in [2.75, 3.05) is 19.4 Å². The van der Waals surface area contributed by atoms with Crippen molar-refractivity contribution in [2.24, 2.45) is 0 Å². The number of nitrogens with one attached hydrogen (secondary N) is 2. The molecule has 0 spiro atoms. The molecule has 1 saturated heterocycles. The van der Waals surface area contributed by atoms with Gasteiger partial charge in [-0.1, -0.05) is 13.3 Å². The summed E-state index contributed by atoms with van der Waals surface area (Å²) >= 11 is 0. The monoisotopic (exact) mass is 441 g/mol. The van der Waals surface area contributed by atoms with Gasteiger partial charge in [0, 0.05) is 12.1 Å². The van der Waals surface area contributed by atoms with Gasteiger partial charge in [0.2, 0.25) is 10.0 Å². The van der Waals surface area contributed by atoms with E-state index < -0.39 is 27.9 Å². The van der Waals surface area contributed by atoms with Crippen LogP contribution in [0.2, 0.25) is 0 Å². The molecule has 168 valence electrons. The molecule has 2 N–H and O–H groups in total. The number of hydrazine groups is 1. The molecule has 10 heteroatoms. The SMILES string of the molecule is CCCS(=O)(=O)N1CCCCC1C(=O)NNC(=O)c1ccc(OC(C)C)c(OC)c1. The van der Waals surface area contributed by atoms with Gasteiger partial charge in [0.1, 0.15) is 6.04 Å². The van der Waals surface area contributed by atoms with Gasteiger partial charge in [-0.3, -0.25) is 20.4 Å². The van der Waals surface area contributed by atoms with E-state index in [0.29, 0.717) is 37.3 Å². The average molecular weight is 442 g/mol. The Kier molecular flexibility index (Phi) is 8.48. The molecule has 1 aliphatic rings. The molecule has 30 heavy (non-hydrogen) atoms. The van der Waals surface area contributed by atoms with E-state index in [2.05, 4.69) is 10.9 Å². The lowest BCUT2D eigenvalue weighted by atomic mass is 10.0. The summed E-state index contributed by atoms with van der Waals surface area (Å²) in [6.45, 7) is 5.85. The van der Waals surface area contributed by atoms with Crippen LogP contribution in [0.3, 0.4) is 0 Å². The smallest absolute Gasteiger partial charge is 0.269 e. The predicted octanol–water partition coefficient (Wildman–Crippen LogP) is 1.84. The Bertz CT molecular complexity index is 856. The number of ether oxygens (including phenoxy) is 2. The molecule has 1 unspecified atom stereocenters. The maximum atomic E-state index is 12.6. The molecule has 0 bridgehead atoms. The van der Waals surface area contributed by atoms with E-state index in [1.165, 1.54) is 17.5 Å². The molecule has 0 aliphatic carbocycles. The second kappa shape index (κ2) is 10.6. The maximum Gasteiger partial charge on any atom is 0.269 e. The van der Waals surface area contributed by atoms with Crippen molar-refractivity contribution in [2.45, 2.75) is 58.6 Å². The molecule has 0 aromatic heterocycles. The topological polar surface area (TPSA) is 114 Å². The van der Waals surface area contributed by atoms with E-state index in [1.807, 2.05) is 13.8 Å². The van der Waals surface area contributed by atoms with Crippen LogP contribution < -0.4 is 20.3 Å². The minimum Gasteiger partial charge on any atom is -0.493 e. The van der Waals surface area contributed by atoms with Gasteiger partial charge >= 0.3 is 0 Å². The number of hydrogen-bond donors (Lipinski definition) is 2. The summed E-state index contributed by atoms with van der Waals surface area (Å²) < 4.78 is 37.1. The Balaban J connectivity index is 2.05. The Morgan fingerprint density at radius 3 is 2.57 bits per heavy atom. The molecule has 2 rings (SSSR count). The van der Waals surface area contributed by atoms with Gasteiger partial charge in [-0.25, -0.2) is 8.42 Å². The second-order valence-corrected chi connectivity index (χ2v) is 9.46. The van der Waals surface area contributed by atoms with E-state index in [1.54, 1.807) is 19.1 Å². The highest BCUT2D eigenvalue weighted by molar-refractivity contribution is 7.89. The molecule has 1 aliphatic heterocycles. The van der Waals surface area contributed by atoms with Crippen LogP contribution in [0.15, 0.2) is 18.2 Å². The van der Waals surface area contributed by atoms with Crippen molar-refractivity contribution in [1.82, 2.24) is 15.2 Å². The van der Waals surface area contributed by atoms with Crippen molar-refractivity contribution in [3.8, 4) is 11.5 Å². The number of piperidine rings is 1. The lowest BCUT2D eigenvalue weighted by Gasteiger charge is -2.33. The minimum atomic E-state index is -3.51. The van der Waals surface area contributed by atoms with Gasteiger partial charge < -0.3 is 9.47 Å². The van der Waals surface area contributed by atoms with Crippen molar-refractivity contribution in [3.05, 3.63) is 23.8 Å². The molecule has 1 heterocycles. The fraction of sp³-hybridized carbons (Fsp3) is 0.600. The molecule has 0 saturated carbocycles. The summed E-state index contributed by atoms with van der Waals surface area (Å²) in [6.07, 6.45) is 2.30. The van der Waals surface area contributed by atoms with Crippen LogP contribution >= 0.6 is 0 Å². The maximum absolute atomic E-state index is 12.6. The zero-order chi connectivity index (χ0) is 22.3. The minimum absolute atomic E-state index is 0.00622. The molecule has 1 aromatic rings. The number of nitrogens with zero attached hydrogens (tertiary/aromatic N) is 1. The van der Waals surface area contributed by atoms with Crippen molar-refractivity contribution < 1.29 is 27.5 Å². The number of rotatable bonds is 8. The first-order chi connectivity index (χ1) is 14.2.